The first kappa shape index (κ1) is 13.5. The Kier molecular flexibility index (Phi) is 3.91. The first-order chi connectivity index (χ1) is 9.61. The van der Waals surface area contributed by atoms with Crippen LogP contribution in [0.1, 0.15) is 5.56 Å². The monoisotopic (exact) mass is 273 g/mol. The number of amides is 2. The molecule has 0 saturated heterocycles. The average molecular weight is 273 g/mol. The average Bonchev–Trinajstić information content (AvgIpc) is 2.44. The third-order valence-corrected chi connectivity index (χ3v) is 2.48. The van der Waals surface area contributed by atoms with Crippen molar-refractivity contribution in [3.63, 3.8) is 0 Å². The summed E-state index contributed by atoms with van der Waals surface area (Å²) in [6.45, 7) is 0. The lowest BCUT2D eigenvalue weighted by atomic mass is 10.2. The lowest BCUT2D eigenvalue weighted by Crippen LogP contribution is -2.20. The fraction of sp³-hybridized carbons (Fsp3) is 0. The zero-order valence-corrected chi connectivity index (χ0v) is 10.2. The predicted molar refractivity (Wildman–Crippen MR) is 70.2 cm³/mol. The molecule has 4 nitrogen and oxygen atoms in total. The van der Waals surface area contributed by atoms with Crippen LogP contribution >= 0.6 is 0 Å². The number of hydrogen-bond acceptors (Lipinski definition) is 2. The van der Waals surface area contributed by atoms with Crippen LogP contribution in [0, 0.1) is 23.0 Å². The maximum Gasteiger partial charge on any atom is 0.323 e. The van der Waals surface area contributed by atoms with Crippen LogP contribution in [0.2, 0.25) is 0 Å². The van der Waals surface area contributed by atoms with Crippen LogP contribution in [0.4, 0.5) is 25.0 Å². The van der Waals surface area contributed by atoms with Crippen LogP contribution in [0.15, 0.2) is 42.5 Å². The Balaban J connectivity index is 2.15. The van der Waals surface area contributed by atoms with Crippen molar-refractivity contribution in [1.29, 1.82) is 5.26 Å². The molecule has 2 amide bonds. The Morgan fingerprint density at radius 1 is 1.05 bits per heavy atom. The second-order valence-corrected chi connectivity index (χ2v) is 3.84. The summed E-state index contributed by atoms with van der Waals surface area (Å²) >= 11 is 0. The highest BCUT2D eigenvalue weighted by Gasteiger charge is 2.15. The van der Waals surface area contributed by atoms with Crippen molar-refractivity contribution in [2.75, 3.05) is 10.6 Å². The lowest BCUT2D eigenvalue weighted by Gasteiger charge is -2.09. The molecule has 0 bridgehead atoms. The molecule has 0 unspecified atom stereocenters. The van der Waals surface area contributed by atoms with Gasteiger partial charge in [0.25, 0.3) is 0 Å². The molecule has 2 aromatic carbocycles. The number of hydrogen-bond donors (Lipinski definition) is 2. The molecule has 2 N–H and O–H groups in total. The maximum atomic E-state index is 13.7. The van der Waals surface area contributed by atoms with Gasteiger partial charge < -0.3 is 10.6 Å². The largest absolute Gasteiger partial charge is 0.323 e. The number of nitriles is 1. The Bertz CT molecular complexity index is 681. The van der Waals surface area contributed by atoms with Crippen molar-refractivity contribution in [2.45, 2.75) is 0 Å². The first-order valence-corrected chi connectivity index (χ1v) is 5.63. The molecular formula is C14H9F2N3O. The van der Waals surface area contributed by atoms with E-state index in [1.807, 2.05) is 0 Å². The molecule has 0 aliphatic heterocycles. The van der Waals surface area contributed by atoms with Crippen LogP contribution in [0.5, 0.6) is 0 Å². The van der Waals surface area contributed by atoms with Gasteiger partial charge in [0.1, 0.15) is 17.4 Å². The standard InChI is InChI=1S/C14H9F2N3O/c15-11-6-7-12(13(16)10(11)8-17)19-14(20)18-9-4-2-1-3-5-9/h1-7H,(H2,18,19,20). The fourth-order valence-electron chi connectivity index (χ4n) is 1.56. The number of urea groups is 1. The van der Waals surface area contributed by atoms with Crippen molar-refractivity contribution in [1.82, 2.24) is 0 Å². The SMILES string of the molecule is N#Cc1c(F)ccc(NC(=O)Nc2ccccc2)c1F. The molecule has 2 rings (SSSR count). The molecular weight excluding hydrogens is 264 g/mol. The van der Waals surface area contributed by atoms with Crippen LogP contribution in [-0.4, -0.2) is 6.03 Å². The minimum absolute atomic E-state index is 0.267. The van der Waals surface area contributed by atoms with Crippen molar-refractivity contribution in [3.8, 4) is 6.07 Å². The summed E-state index contributed by atoms with van der Waals surface area (Å²) in [5.41, 5.74) is -0.480. The molecule has 0 saturated carbocycles. The number of anilines is 2. The predicted octanol–water partition coefficient (Wildman–Crippen LogP) is 3.48. The van der Waals surface area contributed by atoms with Gasteiger partial charge in [0.2, 0.25) is 0 Å². The number of carbonyl (C=O) groups is 1. The lowest BCUT2D eigenvalue weighted by molar-refractivity contribution is 0.262. The van der Waals surface area contributed by atoms with Gasteiger partial charge in [0.05, 0.1) is 5.69 Å². The van der Waals surface area contributed by atoms with E-state index in [4.69, 9.17) is 5.26 Å². The van der Waals surface area contributed by atoms with Gasteiger partial charge in [-0.2, -0.15) is 5.26 Å². The quantitative estimate of drug-likeness (QED) is 0.879. The minimum atomic E-state index is -1.10. The number of nitrogens with zero attached hydrogens (tertiary/aromatic N) is 1. The minimum Gasteiger partial charge on any atom is -0.308 e. The topological polar surface area (TPSA) is 64.9 Å². The molecule has 0 fully saturated rings. The van der Waals surface area contributed by atoms with E-state index >= 15 is 0 Å². The van der Waals surface area contributed by atoms with Gasteiger partial charge in [-0.05, 0) is 24.3 Å². The molecule has 0 radical (unpaired) electrons. The van der Waals surface area contributed by atoms with Gasteiger partial charge in [-0.3, -0.25) is 0 Å². The number of rotatable bonds is 2. The van der Waals surface area contributed by atoms with E-state index < -0.39 is 23.2 Å². The summed E-state index contributed by atoms with van der Waals surface area (Å²) in [6.07, 6.45) is 0. The summed E-state index contributed by atoms with van der Waals surface area (Å²) in [4.78, 5) is 11.7. The fourth-order valence-corrected chi connectivity index (χ4v) is 1.56. The summed E-state index contributed by atoms with van der Waals surface area (Å²) < 4.78 is 26.9. The molecule has 20 heavy (non-hydrogen) atoms. The zero-order chi connectivity index (χ0) is 14.5. The highest BCUT2D eigenvalue weighted by molar-refractivity contribution is 5.99. The molecule has 6 heteroatoms. The Morgan fingerprint density at radius 2 is 1.75 bits per heavy atom. The summed E-state index contributed by atoms with van der Waals surface area (Å²) in [5.74, 6) is -2.07. The van der Waals surface area contributed by atoms with Gasteiger partial charge in [0.15, 0.2) is 5.82 Å². The maximum absolute atomic E-state index is 13.7. The second-order valence-electron chi connectivity index (χ2n) is 3.84. The van der Waals surface area contributed by atoms with E-state index in [0.29, 0.717) is 5.69 Å². The summed E-state index contributed by atoms with van der Waals surface area (Å²) in [7, 11) is 0. The van der Waals surface area contributed by atoms with Crippen molar-refractivity contribution < 1.29 is 13.6 Å². The summed E-state index contributed by atoms with van der Waals surface area (Å²) in [6, 6.07) is 11.2. The zero-order valence-electron chi connectivity index (χ0n) is 10.2. The number of carbonyl (C=O) groups excluding carboxylic acids is 1. The summed E-state index contributed by atoms with van der Waals surface area (Å²) in [5, 5.41) is 13.3. The van der Waals surface area contributed by atoms with Gasteiger partial charge in [0, 0.05) is 5.69 Å². The number of para-hydroxylation sites is 1. The van der Waals surface area contributed by atoms with Gasteiger partial charge in [-0.25, -0.2) is 13.6 Å². The number of nitrogens with one attached hydrogen (secondary N) is 2. The molecule has 100 valence electrons. The molecule has 0 aliphatic carbocycles. The van der Waals surface area contributed by atoms with Crippen LogP contribution < -0.4 is 10.6 Å². The van der Waals surface area contributed by atoms with E-state index in [1.54, 1.807) is 30.3 Å². The van der Waals surface area contributed by atoms with Crippen LogP contribution in [-0.2, 0) is 0 Å². The Labute approximate surface area is 113 Å². The molecule has 0 spiro atoms. The van der Waals surface area contributed by atoms with Crippen molar-refractivity contribution in [3.05, 3.63) is 59.7 Å². The van der Waals surface area contributed by atoms with Crippen molar-refractivity contribution >= 4 is 17.4 Å². The van der Waals surface area contributed by atoms with E-state index in [1.165, 1.54) is 6.07 Å². The van der Waals surface area contributed by atoms with Crippen LogP contribution in [0.25, 0.3) is 0 Å². The normalized spacial score (nSPS) is 9.65. The Morgan fingerprint density at radius 3 is 2.40 bits per heavy atom. The second kappa shape index (κ2) is 5.80. The van der Waals surface area contributed by atoms with E-state index in [2.05, 4.69) is 10.6 Å². The van der Waals surface area contributed by atoms with Gasteiger partial charge in [-0.1, -0.05) is 18.2 Å². The van der Waals surface area contributed by atoms with Crippen molar-refractivity contribution in [2.24, 2.45) is 0 Å². The molecule has 2 aromatic rings. The third kappa shape index (κ3) is 2.90. The smallest absolute Gasteiger partial charge is 0.308 e. The molecule has 0 aliphatic rings. The van der Waals surface area contributed by atoms with Gasteiger partial charge >= 0.3 is 6.03 Å². The number of benzene rings is 2. The van der Waals surface area contributed by atoms with E-state index in [9.17, 15) is 13.6 Å². The van der Waals surface area contributed by atoms with Gasteiger partial charge in [-0.15, -0.1) is 0 Å². The Hall–Kier alpha value is -2.94. The van der Waals surface area contributed by atoms with Crippen LogP contribution in [0.3, 0.4) is 0 Å². The molecule has 0 aromatic heterocycles. The third-order valence-electron chi connectivity index (χ3n) is 2.48. The van der Waals surface area contributed by atoms with E-state index in [0.717, 1.165) is 12.1 Å². The highest BCUT2D eigenvalue weighted by atomic mass is 19.1. The van der Waals surface area contributed by atoms with E-state index in [-0.39, 0.29) is 5.69 Å². The molecule has 0 atom stereocenters. The molecule has 0 heterocycles. The number of halogens is 2. The highest BCUT2D eigenvalue weighted by Crippen LogP contribution is 2.20. The first-order valence-electron chi connectivity index (χ1n) is 5.63.